The van der Waals surface area contributed by atoms with E-state index in [0.29, 0.717) is 17.8 Å². The number of anilines is 2. The molecule has 4 aromatic rings. The van der Waals surface area contributed by atoms with Crippen molar-refractivity contribution in [1.29, 1.82) is 0 Å². The van der Waals surface area contributed by atoms with Crippen LogP contribution in [0.4, 0.5) is 17.2 Å². The van der Waals surface area contributed by atoms with Crippen molar-refractivity contribution in [2.24, 2.45) is 0 Å². The van der Waals surface area contributed by atoms with Crippen molar-refractivity contribution >= 4 is 28.1 Å². The summed E-state index contributed by atoms with van der Waals surface area (Å²) in [5.41, 5.74) is 2.15. The van der Waals surface area contributed by atoms with Crippen LogP contribution in [0, 0.1) is 17.0 Å². The molecule has 0 saturated carbocycles. The predicted octanol–water partition coefficient (Wildman–Crippen LogP) is 5.19. The van der Waals surface area contributed by atoms with Crippen LogP contribution in [0.1, 0.15) is 12.5 Å². The number of hydrogen-bond donors (Lipinski definition) is 0. The average Bonchev–Trinajstić information content (AvgIpc) is 2.75. The maximum Gasteiger partial charge on any atom is 0.373 e. The lowest BCUT2D eigenvalue weighted by molar-refractivity contribution is -0.385. The Labute approximate surface area is 173 Å². The molecule has 8 nitrogen and oxygen atoms in total. The van der Waals surface area contributed by atoms with E-state index in [1.165, 1.54) is 6.33 Å². The molecule has 2 aromatic heterocycles. The van der Waals surface area contributed by atoms with Crippen molar-refractivity contribution in [2.45, 2.75) is 13.8 Å². The Kier molecular flexibility index (Phi) is 5.21. The van der Waals surface area contributed by atoms with Gasteiger partial charge in [0.2, 0.25) is 5.82 Å². The van der Waals surface area contributed by atoms with Crippen molar-refractivity contribution in [3.63, 3.8) is 0 Å². The van der Waals surface area contributed by atoms with E-state index >= 15 is 0 Å². The van der Waals surface area contributed by atoms with E-state index in [2.05, 4.69) is 15.0 Å². The summed E-state index contributed by atoms with van der Waals surface area (Å²) in [5, 5.41) is 12.9. The highest BCUT2D eigenvalue weighted by molar-refractivity contribution is 5.84. The molecule has 4 rings (SSSR count). The molecule has 0 saturated heterocycles. The molecule has 0 radical (unpaired) electrons. The largest absolute Gasteiger partial charge is 0.431 e. The molecular weight excluding hydrogens is 382 g/mol. The van der Waals surface area contributed by atoms with Crippen LogP contribution < -0.4 is 9.64 Å². The van der Waals surface area contributed by atoms with Gasteiger partial charge in [-0.1, -0.05) is 30.3 Å². The zero-order valence-electron chi connectivity index (χ0n) is 16.5. The molecule has 0 spiro atoms. The maximum atomic E-state index is 12.0. The third-order valence-corrected chi connectivity index (χ3v) is 4.64. The fourth-order valence-corrected chi connectivity index (χ4v) is 3.30. The van der Waals surface area contributed by atoms with Gasteiger partial charge in [-0.3, -0.25) is 15.1 Å². The number of nitrogens with zero attached hydrogens (tertiary/aromatic N) is 5. The molecular formula is C22H19N5O3. The molecule has 0 unspecified atom stereocenters. The topological polar surface area (TPSA) is 94.3 Å². The predicted molar refractivity (Wildman–Crippen MR) is 114 cm³/mol. The van der Waals surface area contributed by atoms with Gasteiger partial charge in [-0.25, -0.2) is 4.98 Å². The summed E-state index contributed by atoms with van der Waals surface area (Å²) < 4.78 is 5.90. The SMILES string of the molecule is CCN(c1cccc(C)c1)c1ncnc(Oc2cccc3cccnc23)c1[N+](=O)[O-]. The minimum Gasteiger partial charge on any atom is -0.431 e. The van der Waals surface area contributed by atoms with Crippen LogP contribution in [-0.4, -0.2) is 26.4 Å². The molecule has 0 amide bonds. The van der Waals surface area contributed by atoms with Gasteiger partial charge in [-0.2, -0.15) is 4.98 Å². The highest BCUT2D eigenvalue weighted by Crippen LogP contribution is 2.39. The summed E-state index contributed by atoms with van der Waals surface area (Å²) in [7, 11) is 0. The Morgan fingerprint density at radius 2 is 1.87 bits per heavy atom. The van der Waals surface area contributed by atoms with Crippen LogP contribution in [0.3, 0.4) is 0 Å². The van der Waals surface area contributed by atoms with E-state index in [-0.39, 0.29) is 17.4 Å². The lowest BCUT2D eigenvalue weighted by Crippen LogP contribution is -2.19. The fourth-order valence-electron chi connectivity index (χ4n) is 3.30. The molecule has 30 heavy (non-hydrogen) atoms. The molecule has 8 heteroatoms. The standard InChI is InChI=1S/C22H19N5O3/c1-3-26(17-10-4-7-15(2)13-17)21-20(27(28)29)22(25-14-24-21)30-18-11-5-8-16-9-6-12-23-19(16)18/h4-14H,3H2,1-2H3. The fraction of sp³-hybridized carbons (Fsp3) is 0.136. The van der Waals surface area contributed by atoms with E-state index in [9.17, 15) is 10.1 Å². The third-order valence-electron chi connectivity index (χ3n) is 4.64. The van der Waals surface area contributed by atoms with Gasteiger partial charge in [0.1, 0.15) is 11.8 Å². The van der Waals surface area contributed by atoms with Gasteiger partial charge in [0, 0.05) is 23.8 Å². The Bertz CT molecular complexity index is 1220. The number of hydrogen-bond acceptors (Lipinski definition) is 7. The lowest BCUT2D eigenvalue weighted by atomic mass is 10.2. The van der Waals surface area contributed by atoms with Crippen molar-refractivity contribution in [3.05, 3.63) is 82.8 Å². The van der Waals surface area contributed by atoms with Gasteiger partial charge in [0.15, 0.2) is 5.75 Å². The Balaban J connectivity index is 1.83. The van der Waals surface area contributed by atoms with E-state index < -0.39 is 4.92 Å². The van der Waals surface area contributed by atoms with E-state index in [4.69, 9.17) is 4.74 Å². The molecule has 0 atom stereocenters. The Hall–Kier alpha value is -4.07. The highest BCUT2D eigenvalue weighted by atomic mass is 16.6. The quantitative estimate of drug-likeness (QED) is 0.324. The first kappa shape index (κ1) is 19.3. The van der Waals surface area contributed by atoms with Crippen molar-refractivity contribution in [1.82, 2.24) is 15.0 Å². The maximum absolute atomic E-state index is 12.0. The molecule has 150 valence electrons. The van der Waals surface area contributed by atoms with Crippen LogP contribution in [0.15, 0.2) is 67.1 Å². The molecule has 0 fully saturated rings. The molecule has 0 N–H and O–H groups in total. The molecule has 0 aliphatic carbocycles. The molecule has 0 aliphatic rings. The number of aryl methyl sites for hydroxylation is 1. The summed E-state index contributed by atoms with van der Waals surface area (Å²) in [5.74, 6) is 0.431. The molecule has 0 bridgehead atoms. The number of fused-ring (bicyclic) bond motifs is 1. The van der Waals surface area contributed by atoms with Crippen LogP contribution in [0.2, 0.25) is 0 Å². The van der Waals surface area contributed by atoms with Gasteiger partial charge >= 0.3 is 11.6 Å². The van der Waals surface area contributed by atoms with E-state index in [0.717, 1.165) is 16.6 Å². The van der Waals surface area contributed by atoms with Crippen molar-refractivity contribution in [2.75, 3.05) is 11.4 Å². The minimum atomic E-state index is -0.512. The molecule has 2 aromatic carbocycles. The van der Waals surface area contributed by atoms with Gasteiger partial charge in [-0.05, 0) is 43.7 Å². The Morgan fingerprint density at radius 1 is 1.07 bits per heavy atom. The summed E-state index contributed by atoms with van der Waals surface area (Å²) in [6.07, 6.45) is 2.92. The molecule has 2 heterocycles. The second kappa shape index (κ2) is 8.12. The lowest BCUT2D eigenvalue weighted by Gasteiger charge is -2.22. The first-order valence-electron chi connectivity index (χ1n) is 9.43. The normalized spacial score (nSPS) is 10.7. The molecule has 0 aliphatic heterocycles. The number of rotatable bonds is 6. The zero-order chi connectivity index (χ0) is 21.1. The van der Waals surface area contributed by atoms with Crippen molar-refractivity contribution in [3.8, 4) is 11.6 Å². The minimum absolute atomic E-state index is 0.130. The van der Waals surface area contributed by atoms with Gasteiger partial charge in [-0.15, -0.1) is 0 Å². The first-order chi connectivity index (χ1) is 14.6. The Morgan fingerprint density at radius 3 is 2.63 bits per heavy atom. The van der Waals surface area contributed by atoms with Gasteiger partial charge in [0.05, 0.1) is 4.92 Å². The van der Waals surface area contributed by atoms with Crippen LogP contribution in [0.25, 0.3) is 10.9 Å². The second-order valence-corrected chi connectivity index (χ2v) is 6.62. The number of pyridine rings is 1. The number of aromatic nitrogens is 3. The third kappa shape index (κ3) is 3.62. The average molecular weight is 401 g/mol. The number of ether oxygens (including phenoxy) is 1. The highest BCUT2D eigenvalue weighted by Gasteiger charge is 2.29. The van der Waals surface area contributed by atoms with Crippen molar-refractivity contribution < 1.29 is 9.66 Å². The van der Waals surface area contributed by atoms with Crippen LogP contribution in [0.5, 0.6) is 11.6 Å². The number of benzene rings is 2. The monoisotopic (exact) mass is 401 g/mol. The zero-order valence-corrected chi connectivity index (χ0v) is 16.5. The number of para-hydroxylation sites is 1. The van der Waals surface area contributed by atoms with Gasteiger partial charge < -0.3 is 9.64 Å². The van der Waals surface area contributed by atoms with Crippen LogP contribution >= 0.6 is 0 Å². The smallest absolute Gasteiger partial charge is 0.373 e. The summed E-state index contributed by atoms with van der Waals surface area (Å²) in [4.78, 5) is 25.9. The van der Waals surface area contributed by atoms with E-state index in [1.54, 1.807) is 23.2 Å². The first-order valence-corrected chi connectivity index (χ1v) is 9.43. The summed E-state index contributed by atoms with van der Waals surface area (Å²) in [6, 6.07) is 16.8. The number of nitro groups is 1. The van der Waals surface area contributed by atoms with E-state index in [1.807, 2.05) is 56.3 Å². The van der Waals surface area contributed by atoms with Crippen LogP contribution in [-0.2, 0) is 0 Å². The summed E-state index contributed by atoms with van der Waals surface area (Å²) in [6.45, 7) is 4.35. The van der Waals surface area contributed by atoms with Gasteiger partial charge in [0.25, 0.3) is 0 Å². The summed E-state index contributed by atoms with van der Waals surface area (Å²) >= 11 is 0. The second-order valence-electron chi connectivity index (χ2n) is 6.62.